The summed E-state index contributed by atoms with van der Waals surface area (Å²) in [5.74, 6) is -0.409. The zero-order chi connectivity index (χ0) is 16.5. The van der Waals surface area contributed by atoms with Crippen LogP contribution >= 0.6 is 0 Å². The predicted octanol–water partition coefficient (Wildman–Crippen LogP) is 2.60. The molecule has 6 nitrogen and oxygen atoms in total. The number of anilines is 1. The van der Waals surface area contributed by atoms with Crippen LogP contribution in [0.1, 0.15) is 15.9 Å². The van der Waals surface area contributed by atoms with E-state index in [4.69, 9.17) is 0 Å². The van der Waals surface area contributed by atoms with Crippen LogP contribution in [-0.2, 0) is 5.11 Å². The number of hydrogen-bond acceptors (Lipinski definition) is 2. The highest BCUT2D eigenvalue weighted by Crippen LogP contribution is 2.11. The molecule has 117 valence electrons. The Morgan fingerprint density at radius 3 is 2.48 bits per heavy atom. The van der Waals surface area contributed by atoms with Crippen molar-refractivity contribution in [2.24, 2.45) is 0 Å². The van der Waals surface area contributed by atoms with E-state index in [-0.39, 0.29) is 6.61 Å². The summed E-state index contributed by atoms with van der Waals surface area (Å²) < 4.78 is 0. The molecule has 1 radical (unpaired) electrons. The maximum absolute atomic E-state index is 11.8. The van der Waals surface area contributed by atoms with Crippen LogP contribution in [0.5, 0.6) is 0 Å². The summed E-state index contributed by atoms with van der Waals surface area (Å²) in [5.41, 5.74) is 6.37. The lowest BCUT2D eigenvalue weighted by atomic mass is 10.2. The number of rotatable bonds is 4. The third kappa shape index (κ3) is 5.29. The quantitative estimate of drug-likeness (QED) is 0.758. The van der Waals surface area contributed by atoms with Gasteiger partial charge in [-0.25, -0.2) is 15.3 Å². The van der Waals surface area contributed by atoms with Crippen molar-refractivity contribution in [2.75, 3.05) is 11.9 Å². The number of amides is 3. The van der Waals surface area contributed by atoms with Gasteiger partial charge in [0.25, 0.3) is 5.91 Å². The van der Waals surface area contributed by atoms with Crippen molar-refractivity contribution >= 4 is 23.7 Å². The van der Waals surface area contributed by atoms with E-state index in [2.05, 4.69) is 16.2 Å². The molecule has 2 rings (SSSR count). The summed E-state index contributed by atoms with van der Waals surface area (Å²) in [6.45, 7) is -0.302. The second-order valence-electron chi connectivity index (χ2n) is 4.59. The predicted molar refractivity (Wildman–Crippen MR) is 87.1 cm³/mol. The van der Waals surface area contributed by atoms with Crippen LogP contribution in [0.15, 0.2) is 60.7 Å². The highest BCUT2D eigenvalue weighted by molar-refractivity contribution is 5.97. The van der Waals surface area contributed by atoms with Gasteiger partial charge in [-0.2, -0.15) is 0 Å². The van der Waals surface area contributed by atoms with Crippen LogP contribution in [0.25, 0.3) is 6.08 Å². The van der Waals surface area contributed by atoms with E-state index in [0.29, 0.717) is 11.3 Å². The maximum Gasteiger partial charge on any atom is 0.337 e. The molecule has 2 aromatic carbocycles. The number of hydrazine groups is 1. The number of hydrogen-bond donors (Lipinski definition) is 3. The van der Waals surface area contributed by atoms with E-state index in [0.717, 1.165) is 5.56 Å². The normalized spacial score (nSPS) is 10.3. The van der Waals surface area contributed by atoms with Gasteiger partial charge in [0.15, 0.2) is 0 Å². The Morgan fingerprint density at radius 1 is 0.957 bits per heavy atom. The molecule has 0 heterocycles. The average Bonchev–Trinajstić information content (AvgIpc) is 2.59. The molecule has 0 saturated carbocycles. The van der Waals surface area contributed by atoms with Crippen molar-refractivity contribution in [1.82, 2.24) is 10.9 Å². The molecular weight excluding hydrogens is 294 g/mol. The monoisotopic (exact) mass is 310 g/mol. The van der Waals surface area contributed by atoms with Crippen molar-refractivity contribution in [3.63, 3.8) is 0 Å². The molecule has 0 bridgehead atoms. The summed E-state index contributed by atoms with van der Waals surface area (Å²) in [6, 6.07) is 14.9. The molecule has 0 aliphatic rings. The van der Waals surface area contributed by atoms with Crippen molar-refractivity contribution in [3.05, 3.63) is 71.8 Å². The number of carbonyl (C=O) groups excluding carboxylic acids is 2. The van der Waals surface area contributed by atoms with Gasteiger partial charge < -0.3 is 5.32 Å². The van der Waals surface area contributed by atoms with Gasteiger partial charge in [-0.1, -0.05) is 42.5 Å². The summed E-state index contributed by atoms with van der Waals surface area (Å²) >= 11 is 0. The Kier molecular flexibility index (Phi) is 5.90. The first-order valence-electron chi connectivity index (χ1n) is 6.96. The minimum absolute atomic E-state index is 0.302. The van der Waals surface area contributed by atoms with Gasteiger partial charge in [-0.05, 0) is 29.8 Å². The van der Waals surface area contributed by atoms with Gasteiger partial charge in [0.1, 0.15) is 6.61 Å². The molecule has 2 aromatic rings. The van der Waals surface area contributed by atoms with Crippen LogP contribution in [-0.4, -0.2) is 18.5 Å². The molecule has 0 unspecified atom stereocenters. The first-order valence-corrected chi connectivity index (χ1v) is 6.96. The molecule has 3 N–H and O–H groups in total. The molecule has 6 heteroatoms. The number of carbonyl (C=O) groups is 2. The van der Waals surface area contributed by atoms with Crippen molar-refractivity contribution in [1.29, 1.82) is 0 Å². The van der Waals surface area contributed by atoms with Crippen LogP contribution in [0.4, 0.5) is 10.5 Å². The standard InChI is InChI=1S/C17H16N3O3/c21-11-5-7-13-6-4-10-15(12-13)18-17(23)20-19-16(22)14-8-2-1-3-9-14/h1-10,12H,11H2,(H,19,22)(H2,18,20,23)/b7-5+. The highest BCUT2D eigenvalue weighted by atomic mass is 16.2. The fourth-order valence-electron chi connectivity index (χ4n) is 1.84. The van der Waals surface area contributed by atoms with Crippen molar-refractivity contribution in [2.45, 2.75) is 0 Å². The van der Waals surface area contributed by atoms with Crippen molar-refractivity contribution < 1.29 is 14.7 Å². The van der Waals surface area contributed by atoms with E-state index in [9.17, 15) is 14.7 Å². The third-order valence-electron chi connectivity index (χ3n) is 2.88. The van der Waals surface area contributed by atoms with Crippen molar-refractivity contribution in [3.8, 4) is 0 Å². The van der Waals surface area contributed by atoms with Crippen LogP contribution in [0, 0.1) is 0 Å². The van der Waals surface area contributed by atoms with Crippen LogP contribution in [0.3, 0.4) is 0 Å². The Morgan fingerprint density at radius 2 is 1.74 bits per heavy atom. The van der Waals surface area contributed by atoms with Crippen LogP contribution < -0.4 is 16.2 Å². The van der Waals surface area contributed by atoms with Gasteiger partial charge in [0.05, 0.1) is 0 Å². The molecule has 0 atom stereocenters. The molecule has 0 saturated heterocycles. The average molecular weight is 310 g/mol. The van der Waals surface area contributed by atoms with E-state index >= 15 is 0 Å². The lowest BCUT2D eigenvalue weighted by molar-refractivity contribution is 0.0938. The number of nitrogens with one attached hydrogen (secondary N) is 3. The van der Waals surface area contributed by atoms with Gasteiger partial charge in [-0.15, -0.1) is 0 Å². The first kappa shape index (κ1) is 16.3. The summed E-state index contributed by atoms with van der Waals surface area (Å²) in [7, 11) is 0. The molecule has 0 aliphatic carbocycles. The molecule has 0 spiro atoms. The fourth-order valence-corrected chi connectivity index (χ4v) is 1.84. The summed E-state index contributed by atoms with van der Waals surface area (Å²) in [5, 5.41) is 13.0. The summed E-state index contributed by atoms with van der Waals surface area (Å²) in [6.07, 6.45) is 3.16. The Bertz CT molecular complexity index is 699. The maximum atomic E-state index is 11.8. The molecule has 0 aliphatic heterocycles. The van der Waals surface area contributed by atoms with E-state index in [1.165, 1.54) is 6.08 Å². The largest absolute Gasteiger partial charge is 0.337 e. The lowest BCUT2D eigenvalue weighted by Gasteiger charge is -2.09. The van der Waals surface area contributed by atoms with Gasteiger partial charge >= 0.3 is 6.03 Å². The molecular formula is C17H16N3O3. The van der Waals surface area contributed by atoms with E-state index < -0.39 is 11.9 Å². The zero-order valence-corrected chi connectivity index (χ0v) is 12.3. The topological polar surface area (TPSA) is 90.1 Å². The minimum atomic E-state index is -0.570. The van der Waals surface area contributed by atoms with E-state index in [1.807, 2.05) is 6.07 Å². The lowest BCUT2D eigenvalue weighted by Crippen LogP contribution is -2.43. The second-order valence-corrected chi connectivity index (χ2v) is 4.59. The molecule has 0 aromatic heterocycles. The summed E-state index contributed by atoms with van der Waals surface area (Å²) in [4.78, 5) is 23.6. The number of urea groups is 1. The zero-order valence-electron chi connectivity index (χ0n) is 12.3. The number of benzene rings is 2. The Labute approximate surface area is 133 Å². The van der Waals surface area contributed by atoms with Gasteiger partial charge in [-0.3, -0.25) is 10.2 Å². The highest BCUT2D eigenvalue weighted by Gasteiger charge is 2.06. The van der Waals surface area contributed by atoms with Gasteiger partial charge in [0.2, 0.25) is 0 Å². The Hall–Kier alpha value is -3.12. The smallest absolute Gasteiger partial charge is 0.307 e. The third-order valence-corrected chi connectivity index (χ3v) is 2.88. The van der Waals surface area contributed by atoms with E-state index in [1.54, 1.807) is 54.6 Å². The van der Waals surface area contributed by atoms with Crippen LogP contribution in [0.2, 0.25) is 0 Å². The molecule has 0 fully saturated rings. The second kappa shape index (κ2) is 8.35. The van der Waals surface area contributed by atoms with Gasteiger partial charge in [0, 0.05) is 11.3 Å². The SMILES string of the molecule is [O]C/C=C/c1cccc(NC(=O)NNC(=O)c2ccccc2)c1. The Balaban J connectivity index is 1.87. The first-order chi connectivity index (χ1) is 11.2. The molecule has 23 heavy (non-hydrogen) atoms. The molecule has 3 amide bonds. The minimum Gasteiger partial charge on any atom is -0.307 e. The fraction of sp³-hybridized carbons (Fsp3) is 0.0588.